The molecule has 108 valence electrons. The van der Waals surface area contributed by atoms with Crippen molar-refractivity contribution >= 4 is 37.4 Å². The lowest BCUT2D eigenvalue weighted by atomic mass is 10.1. The van der Waals surface area contributed by atoms with Crippen molar-refractivity contribution in [2.24, 2.45) is 0 Å². The van der Waals surface area contributed by atoms with Crippen molar-refractivity contribution in [1.82, 2.24) is 0 Å². The second-order valence-electron chi connectivity index (χ2n) is 4.79. The maximum absolute atomic E-state index is 13.7. The van der Waals surface area contributed by atoms with Gasteiger partial charge in [-0.05, 0) is 53.4 Å². The van der Waals surface area contributed by atoms with Crippen LogP contribution >= 0.6 is 27.3 Å². The summed E-state index contributed by atoms with van der Waals surface area (Å²) in [7, 11) is 0. The van der Waals surface area contributed by atoms with Crippen molar-refractivity contribution in [2.45, 2.75) is 12.5 Å². The van der Waals surface area contributed by atoms with Crippen molar-refractivity contribution in [3.63, 3.8) is 0 Å². The maximum Gasteiger partial charge on any atom is 0.126 e. The van der Waals surface area contributed by atoms with Crippen LogP contribution in [0.2, 0.25) is 0 Å². The highest BCUT2D eigenvalue weighted by molar-refractivity contribution is 9.10. The molecule has 0 saturated heterocycles. The summed E-state index contributed by atoms with van der Waals surface area (Å²) in [6, 6.07) is 10.9. The van der Waals surface area contributed by atoms with Crippen molar-refractivity contribution in [1.29, 1.82) is 0 Å². The van der Waals surface area contributed by atoms with Crippen LogP contribution in [0.3, 0.4) is 0 Å². The van der Waals surface area contributed by atoms with Gasteiger partial charge >= 0.3 is 0 Å². The topological polar surface area (TPSA) is 20.2 Å². The zero-order valence-corrected chi connectivity index (χ0v) is 13.2. The average Bonchev–Trinajstić information content (AvgIpc) is 2.86. The molecule has 0 aliphatic rings. The van der Waals surface area contributed by atoms with E-state index in [-0.39, 0.29) is 18.1 Å². The third-order valence-corrected chi connectivity index (χ3v) is 4.96. The van der Waals surface area contributed by atoms with Gasteiger partial charge in [0.1, 0.15) is 11.6 Å². The Kier molecular flexibility index (Phi) is 4.06. The van der Waals surface area contributed by atoms with Crippen LogP contribution in [0.4, 0.5) is 8.78 Å². The molecule has 1 atom stereocenters. The molecule has 0 aliphatic heterocycles. The predicted octanol–water partition coefficient (Wildman–Crippen LogP) is 5.22. The molecule has 0 saturated carbocycles. The largest absolute Gasteiger partial charge is 0.387 e. The van der Waals surface area contributed by atoms with Gasteiger partial charge in [0, 0.05) is 20.5 Å². The van der Waals surface area contributed by atoms with Crippen LogP contribution < -0.4 is 0 Å². The minimum atomic E-state index is -0.811. The first-order valence-electron chi connectivity index (χ1n) is 6.34. The van der Waals surface area contributed by atoms with E-state index in [0.29, 0.717) is 10.4 Å². The summed E-state index contributed by atoms with van der Waals surface area (Å²) in [6.45, 7) is 0. The molecule has 3 aromatic rings. The van der Waals surface area contributed by atoms with Gasteiger partial charge in [-0.1, -0.05) is 15.9 Å². The fraction of sp³-hybridized carbons (Fsp3) is 0.125. The van der Waals surface area contributed by atoms with Crippen molar-refractivity contribution in [2.75, 3.05) is 0 Å². The lowest BCUT2D eigenvalue weighted by molar-refractivity contribution is 0.181. The van der Waals surface area contributed by atoms with E-state index < -0.39 is 6.10 Å². The molecule has 0 spiro atoms. The fourth-order valence-electron chi connectivity index (χ4n) is 2.21. The molecule has 1 N–H and O–H groups in total. The Morgan fingerprint density at radius 1 is 1.10 bits per heavy atom. The predicted molar refractivity (Wildman–Crippen MR) is 84.5 cm³/mol. The van der Waals surface area contributed by atoms with E-state index in [1.54, 1.807) is 24.3 Å². The number of fused-ring (bicyclic) bond motifs is 1. The van der Waals surface area contributed by atoms with E-state index in [9.17, 15) is 13.9 Å². The molecule has 21 heavy (non-hydrogen) atoms. The van der Waals surface area contributed by atoms with Gasteiger partial charge in [0.25, 0.3) is 0 Å². The lowest BCUT2D eigenvalue weighted by Gasteiger charge is -2.09. The number of aliphatic hydroxyl groups is 1. The molecule has 2 aromatic carbocycles. The van der Waals surface area contributed by atoms with Crippen molar-refractivity contribution < 1.29 is 13.9 Å². The molecule has 0 radical (unpaired) electrons. The summed E-state index contributed by atoms with van der Waals surface area (Å²) >= 11 is 4.68. The highest BCUT2D eigenvalue weighted by Gasteiger charge is 2.15. The Balaban J connectivity index is 1.89. The molecule has 1 heterocycles. The number of benzene rings is 2. The van der Waals surface area contributed by atoms with Crippen LogP contribution in [0, 0.1) is 11.6 Å². The molecular formula is C16H11BrF2OS. The van der Waals surface area contributed by atoms with Crippen LogP contribution in [0.25, 0.3) is 10.1 Å². The number of aliphatic hydroxyl groups excluding tert-OH is 1. The third-order valence-electron chi connectivity index (χ3n) is 3.25. The molecule has 1 aromatic heterocycles. The second kappa shape index (κ2) is 5.83. The van der Waals surface area contributed by atoms with E-state index in [1.165, 1.54) is 29.5 Å². The Morgan fingerprint density at radius 3 is 2.71 bits per heavy atom. The standard InChI is InChI=1S/C16H11BrF2OS/c17-11-1-3-13(19)9(5-11)7-14(20)16-8-10-6-12(18)2-4-15(10)21-16/h1-6,8,14,20H,7H2. The Labute approximate surface area is 133 Å². The fourth-order valence-corrected chi connectivity index (χ4v) is 3.65. The first-order valence-corrected chi connectivity index (χ1v) is 7.95. The number of hydrogen-bond donors (Lipinski definition) is 1. The Morgan fingerprint density at radius 2 is 1.90 bits per heavy atom. The van der Waals surface area contributed by atoms with Gasteiger partial charge in [0.15, 0.2) is 0 Å². The molecule has 0 bridgehead atoms. The first kappa shape index (κ1) is 14.6. The van der Waals surface area contributed by atoms with Crippen LogP contribution in [-0.4, -0.2) is 5.11 Å². The van der Waals surface area contributed by atoms with Gasteiger partial charge < -0.3 is 5.11 Å². The summed E-state index contributed by atoms with van der Waals surface area (Å²) in [5, 5.41) is 11.0. The SMILES string of the molecule is OC(Cc1cc(Br)ccc1F)c1cc2cc(F)ccc2s1. The van der Waals surface area contributed by atoms with Crippen LogP contribution in [0.15, 0.2) is 46.9 Å². The molecule has 1 nitrogen and oxygen atoms in total. The zero-order valence-electron chi connectivity index (χ0n) is 10.8. The summed E-state index contributed by atoms with van der Waals surface area (Å²) in [5.41, 5.74) is 0.445. The van der Waals surface area contributed by atoms with Gasteiger partial charge in [-0.25, -0.2) is 8.78 Å². The molecule has 5 heteroatoms. The molecule has 1 unspecified atom stereocenters. The number of rotatable bonds is 3. The van der Waals surface area contributed by atoms with E-state index in [1.807, 2.05) is 0 Å². The van der Waals surface area contributed by atoms with Crippen molar-refractivity contribution in [3.05, 3.63) is 69.0 Å². The average molecular weight is 369 g/mol. The molecule has 0 fully saturated rings. The highest BCUT2D eigenvalue weighted by Crippen LogP contribution is 2.32. The summed E-state index contributed by atoms with van der Waals surface area (Å²) in [5.74, 6) is -0.649. The van der Waals surface area contributed by atoms with Crippen LogP contribution in [-0.2, 0) is 6.42 Å². The monoisotopic (exact) mass is 368 g/mol. The van der Waals surface area contributed by atoms with E-state index in [0.717, 1.165) is 14.6 Å². The Hall–Kier alpha value is -1.30. The van der Waals surface area contributed by atoms with E-state index >= 15 is 0 Å². The zero-order chi connectivity index (χ0) is 15.0. The minimum Gasteiger partial charge on any atom is -0.387 e. The molecular weight excluding hydrogens is 358 g/mol. The smallest absolute Gasteiger partial charge is 0.126 e. The third kappa shape index (κ3) is 3.15. The van der Waals surface area contributed by atoms with Gasteiger partial charge in [-0.2, -0.15) is 0 Å². The molecule has 0 amide bonds. The second-order valence-corrected chi connectivity index (χ2v) is 6.82. The summed E-state index contributed by atoms with van der Waals surface area (Å²) in [6.07, 6.45) is -0.630. The summed E-state index contributed by atoms with van der Waals surface area (Å²) < 4.78 is 28.6. The molecule has 0 aliphatic carbocycles. The van der Waals surface area contributed by atoms with Crippen molar-refractivity contribution in [3.8, 4) is 0 Å². The van der Waals surface area contributed by atoms with E-state index in [4.69, 9.17) is 0 Å². The maximum atomic E-state index is 13.7. The van der Waals surface area contributed by atoms with Gasteiger partial charge in [-0.15, -0.1) is 11.3 Å². The van der Waals surface area contributed by atoms with Gasteiger partial charge in [-0.3, -0.25) is 0 Å². The quantitative estimate of drug-likeness (QED) is 0.671. The first-order chi connectivity index (χ1) is 10.0. The molecule has 3 rings (SSSR count). The number of thiophene rings is 1. The Bertz CT molecular complexity index is 800. The van der Waals surface area contributed by atoms with Crippen LogP contribution in [0.5, 0.6) is 0 Å². The highest BCUT2D eigenvalue weighted by atomic mass is 79.9. The van der Waals surface area contributed by atoms with Gasteiger partial charge in [0.2, 0.25) is 0 Å². The number of halogens is 3. The van der Waals surface area contributed by atoms with Gasteiger partial charge in [0.05, 0.1) is 6.10 Å². The lowest BCUT2D eigenvalue weighted by Crippen LogP contribution is -2.01. The summed E-state index contributed by atoms with van der Waals surface area (Å²) in [4.78, 5) is 0.704. The van der Waals surface area contributed by atoms with E-state index in [2.05, 4.69) is 15.9 Å². The van der Waals surface area contributed by atoms with Crippen LogP contribution in [0.1, 0.15) is 16.5 Å². The minimum absolute atomic E-state index is 0.181. The normalized spacial score (nSPS) is 12.8. The number of hydrogen-bond acceptors (Lipinski definition) is 2.